The van der Waals surface area contributed by atoms with Gasteiger partial charge in [0, 0.05) is 12.8 Å². The maximum absolute atomic E-state index is 12.3. The summed E-state index contributed by atoms with van der Waals surface area (Å²) in [6, 6.07) is -0.00114. The number of imide groups is 1. The lowest BCUT2D eigenvalue weighted by Crippen LogP contribution is -2.40. The van der Waals surface area contributed by atoms with Gasteiger partial charge >= 0.3 is 0 Å². The van der Waals surface area contributed by atoms with Crippen molar-refractivity contribution in [2.75, 3.05) is 0 Å². The van der Waals surface area contributed by atoms with Gasteiger partial charge in [0.25, 0.3) is 0 Å². The molecular weight excluding hydrogens is 334 g/mol. The van der Waals surface area contributed by atoms with Gasteiger partial charge in [0.1, 0.15) is 0 Å². The smallest absolute Gasteiger partial charge is 0.230 e. The number of rotatable bonds is 16. The number of likely N-dealkylation sites (tertiary alicyclic amines) is 1. The van der Waals surface area contributed by atoms with E-state index in [1.54, 1.807) is 4.90 Å². The molecule has 3 nitrogen and oxygen atoms in total. The van der Waals surface area contributed by atoms with Crippen LogP contribution >= 0.6 is 0 Å². The first kappa shape index (κ1) is 23.9. The second kappa shape index (κ2) is 14.9. The standard InChI is InChI=1S/C24H43NO2/c1-4-6-8-10-11-12-14-16-18-22(25-23(26)19-20-24(25)27)21(3)17-15-13-9-7-5-2/h17,22H,4-16,18-20H2,1-3H3/b21-17+. The number of amides is 2. The molecule has 0 aromatic heterocycles. The summed E-state index contributed by atoms with van der Waals surface area (Å²) in [6.45, 7) is 6.60. The van der Waals surface area contributed by atoms with E-state index < -0.39 is 0 Å². The van der Waals surface area contributed by atoms with Gasteiger partial charge in [-0.25, -0.2) is 0 Å². The van der Waals surface area contributed by atoms with Crippen LogP contribution in [0.5, 0.6) is 0 Å². The summed E-state index contributed by atoms with van der Waals surface area (Å²) in [4.78, 5) is 26.1. The number of hydrogen-bond acceptors (Lipinski definition) is 2. The topological polar surface area (TPSA) is 37.4 Å². The minimum absolute atomic E-state index is 0.00114. The lowest BCUT2D eigenvalue weighted by atomic mass is 9.97. The van der Waals surface area contributed by atoms with E-state index >= 15 is 0 Å². The molecule has 1 unspecified atom stereocenters. The van der Waals surface area contributed by atoms with E-state index in [1.165, 1.54) is 76.2 Å². The van der Waals surface area contributed by atoms with Crippen LogP contribution < -0.4 is 0 Å². The zero-order chi connectivity index (χ0) is 19.9. The van der Waals surface area contributed by atoms with Crippen molar-refractivity contribution in [1.29, 1.82) is 0 Å². The maximum Gasteiger partial charge on any atom is 0.230 e. The molecule has 1 heterocycles. The molecule has 1 saturated heterocycles. The van der Waals surface area contributed by atoms with Gasteiger partial charge in [-0.1, -0.05) is 96.1 Å². The van der Waals surface area contributed by atoms with E-state index in [9.17, 15) is 9.59 Å². The van der Waals surface area contributed by atoms with Crippen molar-refractivity contribution in [3.8, 4) is 0 Å². The van der Waals surface area contributed by atoms with E-state index in [0.717, 1.165) is 19.3 Å². The van der Waals surface area contributed by atoms with Gasteiger partial charge in [-0.3, -0.25) is 14.5 Å². The molecule has 1 fully saturated rings. The molecule has 0 aromatic rings. The van der Waals surface area contributed by atoms with Crippen LogP contribution in [0.1, 0.15) is 124 Å². The van der Waals surface area contributed by atoms with Gasteiger partial charge in [0.2, 0.25) is 11.8 Å². The fourth-order valence-electron chi connectivity index (χ4n) is 4.01. The van der Waals surface area contributed by atoms with Gasteiger partial charge in [0.05, 0.1) is 6.04 Å². The predicted octanol–water partition coefficient (Wildman–Crippen LogP) is 6.95. The van der Waals surface area contributed by atoms with Crippen molar-refractivity contribution in [1.82, 2.24) is 4.90 Å². The minimum atomic E-state index is -0.00114. The summed E-state index contributed by atoms with van der Waals surface area (Å²) in [5, 5.41) is 0. The van der Waals surface area contributed by atoms with E-state index in [-0.39, 0.29) is 17.9 Å². The molecule has 0 spiro atoms. The molecular formula is C24H43NO2. The third kappa shape index (κ3) is 9.58. The fourth-order valence-corrected chi connectivity index (χ4v) is 4.01. The first-order valence-electron chi connectivity index (χ1n) is 11.6. The van der Waals surface area contributed by atoms with Gasteiger partial charge < -0.3 is 0 Å². The molecule has 1 aliphatic heterocycles. The van der Waals surface area contributed by atoms with E-state index in [0.29, 0.717) is 12.8 Å². The van der Waals surface area contributed by atoms with E-state index in [1.807, 2.05) is 0 Å². The number of hydrogen-bond donors (Lipinski definition) is 0. The SMILES string of the molecule is CCCCCC/C=C(\C)C(CCCCCCCCCC)N1C(=O)CCC1=O. The summed E-state index contributed by atoms with van der Waals surface area (Å²) >= 11 is 0. The predicted molar refractivity (Wildman–Crippen MR) is 115 cm³/mol. The molecule has 2 amide bonds. The molecule has 0 aromatic carbocycles. The third-order valence-electron chi connectivity index (χ3n) is 5.78. The Morgan fingerprint density at radius 3 is 1.85 bits per heavy atom. The molecule has 156 valence electrons. The van der Waals surface area contributed by atoms with Crippen molar-refractivity contribution < 1.29 is 9.59 Å². The molecule has 0 radical (unpaired) electrons. The van der Waals surface area contributed by atoms with Crippen molar-refractivity contribution in [3.05, 3.63) is 11.6 Å². The normalized spacial score (nSPS) is 16.4. The van der Waals surface area contributed by atoms with E-state index in [4.69, 9.17) is 0 Å². The van der Waals surface area contributed by atoms with Gasteiger partial charge in [-0.15, -0.1) is 0 Å². The van der Waals surface area contributed by atoms with Crippen LogP contribution in [0.2, 0.25) is 0 Å². The zero-order valence-electron chi connectivity index (χ0n) is 18.2. The van der Waals surface area contributed by atoms with Crippen molar-refractivity contribution in [2.45, 2.75) is 130 Å². The molecule has 1 atom stereocenters. The molecule has 0 bridgehead atoms. The molecule has 0 saturated carbocycles. The van der Waals surface area contributed by atoms with Gasteiger partial charge in [-0.2, -0.15) is 0 Å². The van der Waals surface area contributed by atoms with Crippen molar-refractivity contribution >= 4 is 11.8 Å². The van der Waals surface area contributed by atoms with Crippen molar-refractivity contribution in [2.24, 2.45) is 0 Å². The fraction of sp³-hybridized carbons (Fsp3) is 0.833. The Kier molecular flexibility index (Phi) is 13.2. The number of unbranched alkanes of at least 4 members (excludes halogenated alkanes) is 11. The van der Waals surface area contributed by atoms with Crippen LogP contribution in [0.3, 0.4) is 0 Å². The Hall–Kier alpha value is -1.12. The van der Waals surface area contributed by atoms with Crippen LogP contribution in [0.15, 0.2) is 11.6 Å². The van der Waals surface area contributed by atoms with Gasteiger partial charge in [-0.05, 0) is 26.2 Å². The number of carbonyl (C=O) groups excluding carboxylic acids is 2. The van der Waals surface area contributed by atoms with Crippen LogP contribution in [0.4, 0.5) is 0 Å². The minimum Gasteiger partial charge on any atom is -0.275 e. The first-order chi connectivity index (χ1) is 13.1. The Morgan fingerprint density at radius 1 is 0.815 bits per heavy atom. The highest BCUT2D eigenvalue weighted by atomic mass is 16.2. The Morgan fingerprint density at radius 2 is 1.30 bits per heavy atom. The highest BCUT2D eigenvalue weighted by Crippen LogP contribution is 2.25. The number of carbonyl (C=O) groups is 2. The maximum atomic E-state index is 12.3. The van der Waals surface area contributed by atoms with Crippen LogP contribution in [0, 0.1) is 0 Å². The lowest BCUT2D eigenvalue weighted by Gasteiger charge is -2.27. The molecule has 0 aliphatic carbocycles. The number of nitrogens with zero attached hydrogens (tertiary/aromatic N) is 1. The van der Waals surface area contributed by atoms with Crippen LogP contribution in [-0.4, -0.2) is 22.8 Å². The average Bonchev–Trinajstić information content (AvgIpc) is 2.99. The summed E-state index contributed by atoms with van der Waals surface area (Å²) < 4.78 is 0. The van der Waals surface area contributed by atoms with Crippen LogP contribution in [0.25, 0.3) is 0 Å². The lowest BCUT2D eigenvalue weighted by molar-refractivity contribution is -0.140. The molecule has 3 heteroatoms. The van der Waals surface area contributed by atoms with Crippen LogP contribution in [-0.2, 0) is 9.59 Å². The van der Waals surface area contributed by atoms with E-state index in [2.05, 4.69) is 26.8 Å². The molecule has 0 N–H and O–H groups in total. The monoisotopic (exact) mass is 377 g/mol. The summed E-state index contributed by atoms with van der Waals surface area (Å²) in [5.41, 5.74) is 1.22. The Labute approximate surface area is 168 Å². The third-order valence-corrected chi connectivity index (χ3v) is 5.78. The second-order valence-corrected chi connectivity index (χ2v) is 8.23. The molecule has 1 aliphatic rings. The number of allylic oxidation sites excluding steroid dienone is 1. The quantitative estimate of drug-likeness (QED) is 0.166. The van der Waals surface area contributed by atoms with Gasteiger partial charge in [0.15, 0.2) is 0 Å². The summed E-state index contributed by atoms with van der Waals surface area (Å²) in [6.07, 6.45) is 20.4. The molecule has 27 heavy (non-hydrogen) atoms. The summed E-state index contributed by atoms with van der Waals surface area (Å²) in [5.74, 6) is 0.0617. The Balaban J connectivity index is 2.47. The largest absolute Gasteiger partial charge is 0.275 e. The first-order valence-corrected chi connectivity index (χ1v) is 11.6. The Bertz CT molecular complexity index is 439. The highest BCUT2D eigenvalue weighted by molar-refractivity contribution is 6.02. The van der Waals surface area contributed by atoms with Crippen molar-refractivity contribution in [3.63, 3.8) is 0 Å². The highest BCUT2D eigenvalue weighted by Gasteiger charge is 2.35. The second-order valence-electron chi connectivity index (χ2n) is 8.23. The zero-order valence-corrected chi connectivity index (χ0v) is 18.2. The average molecular weight is 378 g/mol. The molecule has 1 rings (SSSR count). The summed E-state index contributed by atoms with van der Waals surface area (Å²) in [7, 11) is 0.